The Morgan fingerprint density at radius 3 is 2.55 bits per heavy atom. The maximum Gasteiger partial charge on any atom is 0.123 e. The Morgan fingerprint density at radius 2 is 1.91 bits per heavy atom. The van der Waals surface area contributed by atoms with Gasteiger partial charge in [0.25, 0.3) is 0 Å². The number of piperidine rings is 1. The van der Waals surface area contributed by atoms with Crippen LogP contribution in [0.15, 0.2) is 18.2 Å². The number of methoxy groups -OCH3 is 1. The van der Waals surface area contributed by atoms with E-state index in [4.69, 9.17) is 4.74 Å². The minimum atomic E-state index is -0.147. The first-order valence-corrected chi connectivity index (χ1v) is 8.82. The molecule has 3 fully saturated rings. The van der Waals surface area contributed by atoms with Crippen LogP contribution in [-0.2, 0) is 0 Å². The second-order valence-electron chi connectivity index (χ2n) is 7.44. The monoisotopic (exact) mass is 303 g/mol. The molecule has 1 aromatic carbocycles. The van der Waals surface area contributed by atoms with Crippen molar-refractivity contribution in [2.24, 2.45) is 11.8 Å². The van der Waals surface area contributed by atoms with E-state index < -0.39 is 0 Å². The quantitative estimate of drug-likeness (QED) is 0.829. The van der Waals surface area contributed by atoms with Gasteiger partial charge in [-0.3, -0.25) is 0 Å². The Balaban J connectivity index is 1.43. The molecule has 2 bridgehead atoms. The summed E-state index contributed by atoms with van der Waals surface area (Å²) in [6, 6.07) is 5.78. The van der Waals surface area contributed by atoms with Gasteiger partial charge in [-0.1, -0.05) is 6.42 Å². The lowest BCUT2D eigenvalue weighted by Gasteiger charge is -2.40. The first-order chi connectivity index (χ1) is 10.7. The molecule has 2 aliphatic carbocycles. The molecule has 1 aliphatic heterocycles. The van der Waals surface area contributed by atoms with Crippen LogP contribution in [0, 0.1) is 17.7 Å². The highest BCUT2D eigenvalue weighted by Crippen LogP contribution is 2.47. The first kappa shape index (κ1) is 14.5. The molecule has 0 N–H and O–H groups in total. The Morgan fingerprint density at radius 1 is 1.09 bits per heavy atom. The average Bonchev–Trinajstić information content (AvgIpc) is 3.18. The Kier molecular flexibility index (Phi) is 3.85. The number of hydrogen-bond donors (Lipinski definition) is 0. The number of nitrogens with zero attached hydrogens (tertiary/aromatic N) is 1. The molecule has 120 valence electrons. The minimum absolute atomic E-state index is 0.147. The number of fused-ring (bicyclic) bond motifs is 2. The van der Waals surface area contributed by atoms with Crippen molar-refractivity contribution in [2.75, 3.05) is 20.2 Å². The van der Waals surface area contributed by atoms with Crippen LogP contribution in [0.25, 0.3) is 0 Å². The average molecular weight is 303 g/mol. The minimum Gasteiger partial charge on any atom is -0.496 e. The summed E-state index contributed by atoms with van der Waals surface area (Å²) in [5, 5.41) is 0. The predicted octanol–water partition coefficient (Wildman–Crippen LogP) is 4.20. The number of benzene rings is 1. The molecule has 4 rings (SSSR count). The van der Waals surface area contributed by atoms with E-state index in [-0.39, 0.29) is 5.82 Å². The molecule has 0 amide bonds. The van der Waals surface area contributed by atoms with Gasteiger partial charge in [0, 0.05) is 11.6 Å². The highest BCUT2D eigenvalue weighted by atomic mass is 19.1. The summed E-state index contributed by atoms with van der Waals surface area (Å²) in [6.07, 6.45) is 8.09. The van der Waals surface area contributed by atoms with Crippen LogP contribution in [0.4, 0.5) is 4.39 Å². The highest BCUT2D eigenvalue weighted by Gasteiger charge is 2.43. The van der Waals surface area contributed by atoms with Gasteiger partial charge in [-0.15, -0.1) is 0 Å². The molecular formula is C19H26FNO. The van der Waals surface area contributed by atoms with Crippen molar-refractivity contribution in [1.29, 1.82) is 0 Å². The summed E-state index contributed by atoms with van der Waals surface area (Å²) >= 11 is 0. The largest absolute Gasteiger partial charge is 0.496 e. The molecule has 3 heteroatoms. The summed E-state index contributed by atoms with van der Waals surface area (Å²) in [5.41, 5.74) is 1.06. The number of rotatable bonds is 3. The molecule has 0 spiro atoms. The number of ether oxygens (including phenoxy) is 1. The van der Waals surface area contributed by atoms with Crippen molar-refractivity contribution < 1.29 is 9.13 Å². The Bertz CT molecular complexity index is 538. The molecule has 1 saturated heterocycles. The number of halogens is 1. The summed E-state index contributed by atoms with van der Waals surface area (Å²) in [4.78, 5) is 2.73. The molecule has 0 unspecified atom stereocenters. The number of likely N-dealkylation sites (tertiary alicyclic amines) is 1. The summed E-state index contributed by atoms with van der Waals surface area (Å²) in [5.74, 6) is 3.12. The highest BCUT2D eigenvalue weighted by molar-refractivity contribution is 5.37. The van der Waals surface area contributed by atoms with Crippen LogP contribution in [0.2, 0.25) is 0 Å². The van der Waals surface area contributed by atoms with E-state index in [9.17, 15) is 4.39 Å². The van der Waals surface area contributed by atoms with Crippen LogP contribution in [0.1, 0.15) is 50.0 Å². The van der Waals surface area contributed by atoms with Crippen molar-refractivity contribution in [3.63, 3.8) is 0 Å². The second kappa shape index (κ2) is 5.84. The van der Waals surface area contributed by atoms with E-state index in [1.807, 2.05) is 0 Å². The predicted molar refractivity (Wildman–Crippen MR) is 85.7 cm³/mol. The van der Waals surface area contributed by atoms with Crippen molar-refractivity contribution in [2.45, 2.75) is 50.5 Å². The third kappa shape index (κ3) is 2.54. The van der Waals surface area contributed by atoms with E-state index in [0.717, 1.165) is 55.1 Å². The fraction of sp³-hybridized carbons (Fsp3) is 0.684. The smallest absolute Gasteiger partial charge is 0.123 e. The molecule has 22 heavy (non-hydrogen) atoms. The molecule has 2 saturated carbocycles. The van der Waals surface area contributed by atoms with Crippen LogP contribution >= 0.6 is 0 Å². The van der Waals surface area contributed by atoms with Gasteiger partial charge < -0.3 is 9.64 Å². The molecular weight excluding hydrogens is 277 g/mol. The Hall–Kier alpha value is -1.09. The zero-order valence-electron chi connectivity index (χ0n) is 13.4. The van der Waals surface area contributed by atoms with E-state index in [1.54, 1.807) is 19.2 Å². The maximum atomic E-state index is 13.6. The van der Waals surface area contributed by atoms with Crippen LogP contribution in [-0.4, -0.2) is 31.1 Å². The first-order valence-electron chi connectivity index (χ1n) is 8.82. The van der Waals surface area contributed by atoms with Gasteiger partial charge in [0.1, 0.15) is 11.6 Å². The molecule has 1 aromatic rings. The van der Waals surface area contributed by atoms with Gasteiger partial charge >= 0.3 is 0 Å². The van der Waals surface area contributed by atoms with Crippen molar-refractivity contribution in [3.8, 4) is 5.75 Å². The van der Waals surface area contributed by atoms with Crippen LogP contribution in [0.3, 0.4) is 0 Å². The van der Waals surface area contributed by atoms with Crippen molar-refractivity contribution in [3.05, 3.63) is 29.6 Å². The summed E-state index contributed by atoms with van der Waals surface area (Å²) in [7, 11) is 1.68. The number of hydrogen-bond acceptors (Lipinski definition) is 2. The standard InChI is InChI=1S/C19H26FNO/c1-22-19-5-4-16(20)12-17(19)14-6-8-21(9-7-14)18-11-13-2-3-15(18)10-13/h4-5,12-15,18H,2-3,6-11H2,1H3/t13-,15-,18+/m0/s1. The van der Waals surface area contributed by atoms with E-state index in [2.05, 4.69) is 4.90 Å². The fourth-order valence-electron chi connectivity index (χ4n) is 5.22. The SMILES string of the molecule is COc1ccc(F)cc1C1CCN([C@@H]2C[C@H]3CC[C@H]2C3)CC1. The molecule has 3 aliphatic rings. The van der Waals surface area contributed by atoms with Gasteiger partial charge in [-0.2, -0.15) is 0 Å². The van der Waals surface area contributed by atoms with Gasteiger partial charge in [-0.25, -0.2) is 4.39 Å². The fourth-order valence-corrected chi connectivity index (χ4v) is 5.22. The zero-order chi connectivity index (χ0) is 15.1. The summed E-state index contributed by atoms with van der Waals surface area (Å²) in [6.45, 7) is 2.33. The van der Waals surface area contributed by atoms with Crippen molar-refractivity contribution in [1.82, 2.24) is 4.90 Å². The normalized spacial score (nSPS) is 32.5. The lowest BCUT2D eigenvalue weighted by atomic mass is 9.86. The molecule has 0 aromatic heterocycles. The van der Waals surface area contributed by atoms with Gasteiger partial charge in [0.05, 0.1) is 7.11 Å². The summed E-state index contributed by atoms with van der Waals surface area (Å²) < 4.78 is 19.0. The lowest BCUT2D eigenvalue weighted by molar-refractivity contribution is 0.110. The van der Waals surface area contributed by atoms with E-state index in [1.165, 1.54) is 31.7 Å². The zero-order valence-corrected chi connectivity index (χ0v) is 13.4. The van der Waals surface area contributed by atoms with Crippen LogP contribution < -0.4 is 4.74 Å². The topological polar surface area (TPSA) is 12.5 Å². The van der Waals surface area contributed by atoms with E-state index >= 15 is 0 Å². The van der Waals surface area contributed by atoms with Gasteiger partial charge in [0.15, 0.2) is 0 Å². The second-order valence-corrected chi connectivity index (χ2v) is 7.44. The molecule has 0 radical (unpaired) electrons. The molecule has 2 nitrogen and oxygen atoms in total. The van der Waals surface area contributed by atoms with Crippen LogP contribution in [0.5, 0.6) is 5.75 Å². The third-order valence-corrected chi connectivity index (χ3v) is 6.33. The van der Waals surface area contributed by atoms with E-state index in [0.29, 0.717) is 5.92 Å². The van der Waals surface area contributed by atoms with Gasteiger partial charge in [-0.05, 0) is 81.1 Å². The van der Waals surface area contributed by atoms with Crippen molar-refractivity contribution >= 4 is 0 Å². The Labute approximate surface area is 132 Å². The molecule has 3 atom stereocenters. The van der Waals surface area contributed by atoms with Gasteiger partial charge in [0.2, 0.25) is 0 Å². The third-order valence-electron chi connectivity index (χ3n) is 6.33. The molecule has 1 heterocycles. The maximum absolute atomic E-state index is 13.6. The lowest BCUT2D eigenvalue weighted by Crippen LogP contribution is -2.43.